The van der Waals surface area contributed by atoms with Gasteiger partial charge in [-0.05, 0) is 24.8 Å². The number of benzene rings is 1. The molecular weight excluding hydrogens is 258 g/mol. The molecule has 3 rings (SSSR count). The number of piperidine rings is 1. The van der Waals surface area contributed by atoms with Gasteiger partial charge < -0.3 is 10.6 Å². The summed E-state index contributed by atoms with van der Waals surface area (Å²) in [4.78, 5) is 24.5. The third kappa shape index (κ3) is 2.27. The van der Waals surface area contributed by atoms with Gasteiger partial charge in [-0.1, -0.05) is 12.1 Å². The van der Waals surface area contributed by atoms with Gasteiger partial charge >= 0.3 is 0 Å². The van der Waals surface area contributed by atoms with Gasteiger partial charge in [0.05, 0.1) is 11.0 Å². The fraction of sp³-hybridized carbons (Fsp3) is 0.500. The number of amides is 1. The Morgan fingerprint density at radius 2 is 2.05 bits per heavy atom. The molecule has 1 aliphatic heterocycles. The number of nitrogens with zero attached hydrogens (tertiary/aromatic N) is 2. The van der Waals surface area contributed by atoms with Crippen molar-refractivity contribution in [3.63, 3.8) is 0 Å². The van der Waals surface area contributed by atoms with Crippen LogP contribution in [0.25, 0.3) is 0 Å². The lowest BCUT2D eigenvalue weighted by molar-refractivity contribution is -0.385. The summed E-state index contributed by atoms with van der Waals surface area (Å²) in [6, 6.07) is 6.35. The SMILES string of the molecule is NC1CCC(=O)N(C2CC2)C1c1cccc([N+](=O)[O-])c1. The third-order valence-corrected chi connectivity index (χ3v) is 4.05. The van der Waals surface area contributed by atoms with Crippen LogP contribution in [0.15, 0.2) is 24.3 Å². The zero-order chi connectivity index (χ0) is 14.3. The Hall–Kier alpha value is -1.95. The quantitative estimate of drug-likeness (QED) is 0.672. The number of carbonyl (C=O) groups excluding carboxylic acids is 1. The van der Waals surface area contributed by atoms with Crippen molar-refractivity contribution in [2.75, 3.05) is 0 Å². The lowest BCUT2D eigenvalue weighted by atomic mass is 9.90. The largest absolute Gasteiger partial charge is 0.331 e. The first-order valence-corrected chi connectivity index (χ1v) is 6.89. The number of non-ortho nitro benzene ring substituents is 1. The lowest BCUT2D eigenvalue weighted by Gasteiger charge is -2.40. The van der Waals surface area contributed by atoms with Gasteiger partial charge in [-0.15, -0.1) is 0 Å². The summed E-state index contributed by atoms with van der Waals surface area (Å²) in [6.45, 7) is 0. The molecule has 1 heterocycles. The number of hydrogen-bond acceptors (Lipinski definition) is 4. The van der Waals surface area contributed by atoms with E-state index in [1.54, 1.807) is 12.1 Å². The highest BCUT2D eigenvalue weighted by Gasteiger charge is 2.43. The third-order valence-electron chi connectivity index (χ3n) is 4.05. The monoisotopic (exact) mass is 275 g/mol. The van der Waals surface area contributed by atoms with Gasteiger partial charge in [0.2, 0.25) is 5.91 Å². The van der Waals surface area contributed by atoms with Crippen LogP contribution in [0.3, 0.4) is 0 Å². The second-order valence-corrected chi connectivity index (χ2v) is 5.53. The second-order valence-electron chi connectivity index (χ2n) is 5.53. The smallest absolute Gasteiger partial charge is 0.269 e. The van der Waals surface area contributed by atoms with E-state index in [1.165, 1.54) is 6.07 Å². The molecule has 1 aromatic carbocycles. The van der Waals surface area contributed by atoms with Crippen LogP contribution in [0.1, 0.15) is 37.3 Å². The predicted molar refractivity (Wildman–Crippen MR) is 72.9 cm³/mol. The number of likely N-dealkylation sites (tertiary alicyclic amines) is 1. The molecule has 20 heavy (non-hydrogen) atoms. The van der Waals surface area contributed by atoms with Crippen LogP contribution in [-0.4, -0.2) is 27.8 Å². The van der Waals surface area contributed by atoms with Crippen LogP contribution in [0.5, 0.6) is 0 Å². The first-order valence-electron chi connectivity index (χ1n) is 6.89. The van der Waals surface area contributed by atoms with Crippen molar-refractivity contribution in [1.82, 2.24) is 4.90 Å². The van der Waals surface area contributed by atoms with Crippen molar-refractivity contribution >= 4 is 11.6 Å². The molecule has 6 heteroatoms. The standard InChI is InChI=1S/C14H17N3O3/c15-12-6-7-13(18)16(10-4-5-10)14(12)9-2-1-3-11(8-9)17(19)20/h1-3,8,10,12,14H,4-7,15H2. The lowest BCUT2D eigenvalue weighted by Crippen LogP contribution is -2.49. The summed E-state index contributed by atoms with van der Waals surface area (Å²) in [5.74, 6) is 0.116. The van der Waals surface area contributed by atoms with Gasteiger partial charge in [-0.3, -0.25) is 14.9 Å². The molecule has 0 radical (unpaired) electrons. The summed E-state index contributed by atoms with van der Waals surface area (Å²) in [5, 5.41) is 10.9. The highest BCUT2D eigenvalue weighted by Crippen LogP contribution is 2.40. The number of rotatable bonds is 3. The predicted octanol–water partition coefficient (Wildman–Crippen LogP) is 1.75. The first kappa shape index (κ1) is 13.1. The summed E-state index contributed by atoms with van der Waals surface area (Å²) >= 11 is 0. The maximum Gasteiger partial charge on any atom is 0.269 e. The maximum atomic E-state index is 12.2. The second kappa shape index (κ2) is 4.86. The molecule has 1 aliphatic carbocycles. The molecule has 2 fully saturated rings. The Morgan fingerprint density at radius 1 is 1.30 bits per heavy atom. The molecule has 1 saturated carbocycles. The molecular formula is C14H17N3O3. The van der Waals surface area contributed by atoms with Crippen molar-refractivity contribution in [1.29, 1.82) is 0 Å². The first-order chi connectivity index (χ1) is 9.58. The highest BCUT2D eigenvalue weighted by atomic mass is 16.6. The van der Waals surface area contributed by atoms with Gasteiger partial charge in [-0.25, -0.2) is 0 Å². The van der Waals surface area contributed by atoms with Crippen molar-refractivity contribution in [2.45, 2.75) is 43.8 Å². The summed E-state index contributed by atoms with van der Waals surface area (Å²) in [6.07, 6.45) is 3.12. The molecule has 2 N–H and O–H groups in total. The fourth-order valence-corrected chi connectivity index (χ4v) is 2.95. The Balaban J connectivity index is 1.98. The van der Waals surface area contributed by atoms with E-state index in [0.717, 1.165) is 18.4 Å². The van der Waals surface area contributed by atoms with E-state index in [1.807, 2.05) is 11.0 Å². The van der Waals surface area contributed by atoms with Crippen LogP contribution >= 0.6 is 0 Å². The normalized spacial score (nSPS) is 26.6. The van der Waals surface area contributed by atoms with E-state index in [2.05, 4.69) is 0 Å². The maximum absolute atomic E-state index is 12.2. The molecule has 1 saturated heterocycles. The zero-order valence-corrected chi connectivity index (χ0v) is 11.1. The Kier molecular flexibility index (Phi) is 3.17. The van der Waals surface area contributed by atoms with Gasteiger partial charge in [0.1, 0.15) is 0 Å². The van der Waals surface area contributed by atoms with Crippen molar-refractivity contribution in [3.05, 3.63) is 39.9 Å². The van der Waals surface area contributed by atoms with Crippen LogP contribution in [0.2, 0.25) is 0 Å². The van der Waals surface area contributed by atoms with E-state index in [0.29, 0.717) is 12.8 Å². The molecule has 2 aliphatic rings. The van der Waals surface area contributed by atoms with E-state index in [-0.39, 0.29) is 29.7 Å². The Bertz CT molecular complexity index is 556. The molecule has 6 nitrogen and oxygen atoms in total. The molecule has 2 unspecified atom stereocenters. The highest BCUT2D eigenvalue weighted by molar-refractivity contribution is 5.78. The number of nitro groups is 1. The molecule has 1 amide bonds. The molecule has 1 aromatic rings. The zero-order valence-electron chi connectivity index (χ0n) is 11.1. The number of nitrogens with two attached hydrogens (primary N) is 1. The van der Waals surface area contributed by atoms with Gasteiger partial charge in [0.25, 0.3) is 5.69 Å². The average molecular weight is 275 g/mol. The number of hydrogen-bond donors (Lipinski definition) is 1. The van der Waals surface area contributed by atoms with Gasteiger partial charge in [-0.2, -0.15) is 0 Å². The van der Waals surface area contributed by atoms with Crippen molar-refractivity contribution in [3.8, 4) is 0 Å². The Labute approximate surface area is 116 Å². The molecule has 2 atom stereocenters. The van der Waals surface area contributed by atoms with Crippen LogP contribution in [0, 0.1) is 10.1 Å². The summed E-state index contributed by atoms with van der Waals surface area (Å²) in [5.41, 5.74) is 7.01. The van der Waals surface area contributed by atoms with Gasteiger partial charge in [0, 0.05) is 30.6 Å². The van der Waals surface area contributed by atoms with Crippen molar-refractivity contribution in [2.24, 2.45) is 5.73 Å². The molecule has 0 aromatic heterocycles. The van der Waals surface area contributed by atoms with E-state index >= 15 is 0 Å². The van der Waals surface area contributed by atoms with Crippen LogP contribution in [0.4, 0.5) is 5.69 Å². The fourth-order valence-electron chi connectivity index (χ4n) is 2.95. The minimum atomic E-state index is -0.416. The molecule has 0 spiro atoms. The van der Waals surface area contributed by atoms with E-state index in [4.69, 9.17) is 5.73 Å². The van der Waals surface area contributed by atoms with Crippen molar-refractivity contribution < 1.29 is 9.72 Å². The molecule has 106 valence electrons. The number of nitro benzene ring substituents is 1. The van der Waals surface area contributed by atoms with Crippen LogP contribution < -0.4 is 5.73 Å². The summed E-state index contributed by atoms with van der Waals surface area (Å²) in [7, 11) is 0. The topological polar surface area (TPSA) is 89.5 Å². The minimum absolute atomic E-state index is 0.0449. The summed E-state index contributed by atoms with van der Waals surface area (Å²) < 4.78 is 0. The number of carbonyl (C=O) groups is 1. The van der Waals surface area contributed by atoms with Gasteiger partial charge in [0.15, 0.2) is 0 Å². The Morgan fingerprint density at radius 3 is 2.70 bits per heavy atom. The molecule has 0 bridgehead atoms. The average Bonchev–Trinajstić information content (AvgIpc) is 3.25. The van der Waals surface area contributed by atoms with E-state index < -0.39 is 4.92 Å². The van der Waals surface area contributed by atoms with Crippen LogP contribution in [-0.2, 0) is 4.79 Å². The minimum Gasteiger partial charge on any atom is -0.331 e. The van der Waals surface area contributed by atoms with E-state index in [9.17, 15) is 14.9 Å².